The molecule has 0 aliphatic rings. The number of aromatic nitrogens is 3. The minimum Gasteiger partial charge on any atom is -0.496 e. The maximum Gasteiger partial charge on any atom is 0.128 e. The van der Waals surface area contributed by atoms with Gasteiger partial charge in [0.1, 0.15) is 5.75 Å². The zero-order valence-electron chi connectivity index (χ0n) is 13.7. The second kappa shape index (κ2) is 6.26. The molecule has 21 heavy (non-hydrogen) atoms. The van der Waals surface area contributed by atoms with Gasteiger partial charge in [-0.15, -0.1) is 0 Å². The molecule has 2 aromatic rings. The number of pyridine rings is 1. The quantitative estimate of drug-likeness (QED) is 0.917. The summed E-state index contributed by atoms with van der Waals surface area (Å²) in [5.41, 5.74) is 6.73. The summed E-state index contributed by atoms with van der Waals surface area (Å²) in [5.74, 6) is 0.926. The summed E-state index contributed by atoms with van der Waals surface area (Å²) in [5, 5.41) is 7.89. The van der Waals surface area contributed by atoms with Crippen LogP contribution in [0.25, 0.3) is 0 Å². The largest absolute Gasteiger partial charge is 0.496 e. The Bertz CT molecular complexity index is 646. The maximum atomic E-state index is 5.44. The predicted molar refractivity (Wildman–Crippen MR) is 83.5 cm³/mol. The van der Waals surface area contributed by atoms with Crippen molar-refractivity contribution in [1.82, 2.24) is 20.1 Å². The molecule has 2 aromatic heterocycles. The van der Waals surface area contributed by atoms with Crippen LogP contribution >= 0.6 is 0 Å². The molecule has 0 aliphatic heterocycles. The summed E-state index contributed by atoms with van der Waals surface area (Å²) >= 11 is 0. The first-order valence-electron chi connectivity index (χ1n) is 7.14. The summed E-state index contributed by atoms with van der Waals surface area (Å²) < 4.78 is 7.36. The van der Waals surface area contributed by atoms with E-state index < -0.39 is 0 Å². The molecule has 2 rings (SSSR count). The Kier molecular flexibility index (Phi) is 4.63. The first kappa shape index (κ1) is 15.5. The predicted octanol–water partition coefficient (Wildman–Crippen LogP) is 2.35. The highest BCUT2D eigenvalue weighted by molar-refractivity contribution is 5.41. The van der Waals surface area contributed by atoms with Crippen molar-refractivity contribution in [2.75, 3.05) is 7.11 Å². The zero-order chi connectivity index (χ0) is 15.6. The van der Waals surface area contributed by atoms with Gasteiger partial charge in [0.05, 0.1) is 18.5 Å². The van der Waals surface area contributed by atoms with Crippen LogP contribution in [0.3, 0.4) is 0 Å². The van der Waals surface area contributed by atoms with Crippen molar-refractivity contribution in [3.63, 3.8) is 0 Å². The van der Waals surface area contributed by atoms with Crippen molar-refractivity contribution in [3.8, 4) is 5.75 Å². The van der Waals surface area contributed by atoms with Gasteiger partial charge in [-0.25, -0.2) is 0 Å². The van der Waals surface area contributed by atoms with Crippen molar-refractivity contribution in [1.29, 1.82) is 0 Å². The molecule has 5 nitrogen and oxygen atoms in total. The molecule has 0 aliphatic carbocycles. The number of methoxy groups -OCH3 is 1. The summed E-state index contributed by atoms with van der Waals surface area (Å²) in [6, 6.07) is 0. The minimum atomic E-state index is 0.718. The molecule has 0 aromatic carbocycles. The molecule has 5 heteroatoms. The Morgan fingerprint density at radius 3 is 2.48 bits per heavy atom. The summed E-state index contributed by atoms with van der Waals surface area (Å²) in [6.45, 7) is 9.71. The third-order valence-corrected chi connectivity index (χ3v) is 4.00. The molecular formula is C16H24N4O. The van der Waals surface area contributed by atoms with Crippen molar-refractivity contribution < 1.29 is 4.74 Å². The number of hydrogen-bond donors (Lipinski definition) is 1. The molecule has 0 radical (unpaired) electrons. The smallest absolute Gasteiger partial charge is 0.128 e. The molecule has 0 saturated heterocycles. The van der Waals surface area contributed by atoms with E-state index in [0.29, 0.717) is 0 Å². The van der Waals surface area contributed by atoms with Gasteiger partial charge in [0.2, 0.25) is 0 Å². The second-order valence-corrected chi connectivity index (χ2v) is 5.42. The lowest BCUT2D eigenvalue weighted by Gasteiger charge is -2.13. The van der Waals surface area contributed by atoms with Gasteiger partial charge < -0.3 is 10.1 Å². The van der Waals surface area contributed by atoms with E-state index in [-0.39, 0.29) is 0 Å². The van der Waals surface area contributed by atoms with E-state index in [9.17, 15) is 0 Å². The fourth-order valence-electron chi connectivity index (χ4n) is 2.63. The van der Waals surface area contributed by atoms with E-state index in [4.69, 9.17) is 4.74 Å². The highest BCUT2D eigenvalue weighted by Gasteiger charge is 2.11. The van der Waals surface area contributed by atoms with Gasteiger partial charge in [0.25, 0.3) is 0 Å². The Morgan fingerprint density at radius 2 is 1.90 bits per heavy atom. The molecule has 1 N–H and O–H groups in total. The molecule has 0 amide bonds. The number of rotatable bonds is 5. The summed E-state index contributed by atoms with van der Waals surface area (Å²) in [4.78, 5) is 4.50. The Labute approximate surface area is 126 Å². The van der Waals surface area contributed by atoms with Gasteiger partial charge in [0, 0.05) is 48.7 Å². The van der Waals surface area contributed by atoms with Gasteiger partial charge in [0.15, 0.2) is 0 Å². The minimum absolute atomic E-state index is 0.718. The van der Waals surface area contributed by atoms with Crippen LogP contribution in [0.5, 0.6) is 5.75 Å². The molecule has 0 spiro atoms. The summed E-state index contributed by atoms with van der Waals surface area (Å²) in [7, 11) is 3.68. The third-order valence-electron chi connectivity index (χ3n) is 4.00. The summed E-state index contributed by atoms with van der Waals surface area (Å²) in [6.07, 6.45) is 1.86. The monoisotopic (exact) mass is 288 g/mol. The Balaban J connectivity index is 2.07. The van der Waals surface area contributed by atoms with E-state index in [1.165, 1.54) is 11.3 Å². The van der Waals surface area contributed by atoms with Crippen LogP contribution in [0.15, 0.2) is 6.20 Å². The standard InChI is InChI=1S/C16H24N4O/c1-10-7-18-15(11(2)16(10)21-6)9-17-8-14-12(3)19-20(5)13(14)4/h7,17H,8-9H2,1-6H3. The molecule has 0 atom stereocenters. The van der Waals surface area contributed by atoms with Crippen LogP contribution in [-0.4, -0.2) is 21.9 Å². The van der Waals surface area contributed by atoms with Crippen molar-refractivity contribution in [2.45, 2.75) is 40.8 Å². The van der Waals surface area contributed by atoms with Gasteiger partial charge in [-0.3, -0.25) is 9.67 Å². The van der Waals surface area contributed by atoms with Crippen LogP contribution in [0.1, 0.15) is 33.8 Å². The molecule has 0 saturated carbocycles. The Hall–Kier alpha value is -1.88. The number of ether oxygens (including phenoxy) is 1. The van der Waals surface area contributed by atoms with Gasteiger partial charge in [-0.1, -0.05) is 0 Å². The first-order chi connectivity index (χ1) is 9.95. The van der Waals surface area contributed by atoms with Crippen LogP contribution in [-0.2, 0) is 20.1 Å². The average Bonchev–Trinajstić information content (AvgIpc) is 2.68. The highest BCUT2D eigenvalue weighted by atomic mass is 16.5. The fourth-order valence-corrected chi connectivity index (χ4v) is 2.63. The second-order valence-electron chi connectivity index (χ2n) is 5.42. The van der Waals surface area contributed by atoms with Crippen molar-refractivity contribution >= 4 is 0 Å². The normalized spacial score (nSPS) is 11.0. The van der Waals surface area contributed by atoms with Crippen LogP contribution < -0.4 is 10.1 Å². The van der Waals surface area contributed by atoms with E-state index in [1.54, 1.807) is 7.11 Å². The number of hydrogen-bond acceptors (Lipinski definition) is 4. The third kappa shape index (κ3) is 3.08. The lowest BCUT2D eigenvalue weighted by atomic mass is 10.1. The van der Waals surface area contributed by atoms with Crippen molar-refractivity contribution in [3.05, 3.63) is 40.0 Å². The molecule has 0 fully saturated rings. The first-order valence-corrected chi connectivity index (χ1v) is 7.14. The van der Waals surface area contributed by atoms with E-state index in [0.717, 1.165) is 41.4 Å². The highest BCUT2D eigenvalue weighted by Crippen LogP contribution is 2.23. The molecule has 0 bridgehead atoms. The molecule has 0 unspecified atom stereocenters. The van der Waals surface area contributed by atoms with E-state index >= 15 is 0 Å². The Morgan fingerprint density at radius 1 is 1.19 bits per heavy atom. The van der Waals surface area contributed by atoms with Crippen LogP contribution in [0, 0.1) is 27.7 Å². The van der Waals surface area contributed by atoms with E-state index in [2.05, 4.69) is 29.2 Å². The number of nitrogens with zero attached hydrogens (tertiary/aromatic N) is 3. The SMILES string of the molecule is COc1c(C)cnc(CNCc2c(C)nn(C)c2C)c1C. The number of aryl methyl sites for hydroxylation is 3. The zero-order valence-corrected chi connectivity index (χ0v) is 13.7. The molecular weight excluding hydrogens is 264 g/mol. The lowest BCUT2D eigenvalue weighted by Crippen LogP contribution is -2.16. The average molecular weight is 288 g/mol. The topological polar surface area (TPSA) is 52.0 Å². The van der Waals surface area contributed by atoms with Gasteiger partial charge >= 0.3 is 0 Å². The fraction of sp³-hybridized carbons (Fsp3) is 0.500. The lowest BCUT2D eigenvalue weighted by molar-refractivity contribution is 0.406. The van der Waals surface area contributed by atoms with Gasteiger partial charge in [-0.2, -0.15) is 5.10 Å². The maximum absolute atomic E-state index is 5.44. The van der Waals surface area contributed by atoms with Gasteiger partial charge in [-0.05, 0) is 27.7 Å². The molecule has 2 heterocycles. The van der Waals surface area contributed by atoms with Crippen LogP contribution in [0.4, 0.5) is 0 Å². The molecule has 114 valence electrons. The number of nitrogens with one attached hydrogen (secondary N) is 1. The van der Waals surface area contributed by atoms with Crippen LogP contribution in [0.2, 0.25) is 0 Å². The van der Waals surface area contributed by atoms with E-state index in [1.807, 2.05) is 31.8 Å². The van der Waals surface area contributed by atoms with Crippen molar-refractivity contribution in [2.24, 2.45) is 7.05 Å².